The highest BCUT2D eigenvalue weighted by molar-refractivity contribution is 5.83. The van der Waals surface area contributed by atoms with E-state index in [4.69, 9.17) is 4.99 Å². The molecular formula is C25H34N6. The van der Waals surface area contributed by atoms with E-state index >= 15 is 0 Å². The first-order valence-electron chi connectivity index (χ1n) is 11.5. The van der Waals surface area contributed by atoms with Gasteiger partial charge in [0.25, 0.3) is 0 Å². The summed E-state index contributed by atoms with van der Waals surface area (Å²) in [5.41, 5.74) is 3.66. The van der Waals surface area contributed by atoms with Crippen LogP contribution in [0.1, 0.15) is 37.4 Å². The van der Waals surface area contributed by atoms with Crippen LogP contribution in [0.2, 0.25) is 0 Å². The van der Waals surface area contributed by atoms with Gasteiger partial charge in [-0.1, -0.05) is 24.3 Å². The molecule has 6 heteroatoms. The van der Waals surface area contributed by atoms with Crippen LogP contribution in [0.25, 0.3) is 10.9 Å². The molecule has 164 valence electrons. The molecule has 0 bridgehead atoms. The van der Waals surface area contributed by atoms with Crippen molar-refractivity contribution in [3.8, 4) is 0 Å². The Hall–Kier alpha value is -3.02. The van der Waals surface area contributed by atoms with E-state index in [1.807, 2.05) is 0 Å². The Labute approximate surface area is 185 Å². The molecule has 0 amide bonds. The summed E-state index contributed by atoms with van der Waals surface area (Å²) in [5.74, 6) is 2.03. The maximum atomic E-state index is 4.83. The summed E-state index contributed by atoms with van der Waals surface area (Å²) in [7, 11) is 0. The first kappa shape index (κ1) is 21.2. The minimum absolute atomic E-state index is 0.451. The van der Waals surface area contributed by atoms with Crippen LogP contribution in [0.5, 0.6) is 0 Å². The van der Waals surface area contributed by atoms with Crippen LogP contribution < -0.4 is 15.5 Å². The zero-order chi connectivity index (χ0) is 21.5. The number of aryl methyl sites for hydroxylation is 2. The Balaban J connectivity index is 1.26. The Kier molecular flexibility index (Phi) is 7.07. The van der Waals surface area contributed by atoms with Gasteiger partial charge in [0, 0.05) is 55.0 Å². The fourth-order valence-electron chi connectivity index (χ4n) is 4.27. The van der Waals surface area contributed by atoms with Crippen molar-refractivity contribution >= 4 is 22.7 Å². The summed E-state index contributed by atoms with van der Waals surface area (Å²) in [4.78, 5) is 15.3. The number of pyridine rings is 1. The summed E-state index contributed by atoms with van der Waals surface area (Å²) in [5, 5.41) is 8.38. The molecule has 2 aromatic heterocycles. The SMILES string of the molecule is CCNC(=NCCCc1c[nH]c2ccccc12)NC1CCN(c2cccc(C)n2)CC1. The van der Waals surface area contributed by atoms with Gasteiger partial charge in [0.05, 0.1) is 0 Å². The molecular weight excluding hydrogens is 384 g/mol. The first-order chi connectivity index (χ1) is 15.2. The molecule has 1 aliphatic rings. The number of H-pyrrole nitrogens is 1. The number of hydrogen-bond acceptors (Lipinski definition) is 3. The molecule has 6 nitrogen and oxygen atoms in total. The zero-order valence-corrected chi connectivity index (χ0v) is 18.7. The monoisotopic (exact) mass is 418 g/mol. The number of nitrogens with one attached hydrogen (secondary N) is 3. The number of fused-ring (bicyclic) bond motifs is 1. The van der Waals surface area contributed by atoms with Gasteiger partial charge in [-0.25, -0.2) is 4.98 Å². The number of nitrogens with zero attached hydrogens (tertiary/aromatic N) is 3. The lowest BCUT2D eigenvalue weighted by atomic mass is 10.1. The molecule has 0 spiro atoms. The molecule has 0 atom stereocenters. The summed E-state index contributed by atoms with van der Waals surface area (Å²) in [6, 6.07) is 15.2. The number of para-hydroxylation sites is 1. The normalized spacial score (nSPS) is 15.4. The van der Waals surface area contributed by atoms with Crippen LogP contribution in [0.4, 0.5) is 5.82 Å². The number of aromatic amines is 1. The fraction of sp³-hybridized carbons (Fsp3) is 0.440. The quantitative estimate of drug-likeness (QED) is 0.308. The van der Waals surface area contributed by atoms with E-state index < -0.39 is 0 Å². The number of aromatic nitrogens is 2. The highest BCUT2D eigenvalue weighted by atomic mass is 15.2. The molecule has 0 saturated carbocycles. The highest BCUT2D eigenvalue weighted by Gasteiger charge is 2.20. The van der Waals surface area contributed by atoms with Gasteiger partial charge >= 0.3 is 0 Å². The third-order valence-corrected chi connectivity index (χ3v) is 5.93. The average Bonchev–Trinajstić information content (AvgIpc) is 3.20. The van der Waals surface area contributed by atoms with Crippen molar-refractivity contribution < 1.29 is 0 Å². The van der Waals surface area contributed by atoms with Crippen LogP contribution in [0, 0.1) is 6.92 Å². The van der Waals surface area contributed by atoms with Crippen LogP contribution in [0.3, 0.4) is 0 Å². The van der Waals surface area contributed by atoms with Crippen LogP contribution in [-0.2, 0) is 6.42 Å². The number of piperidine rings is 1. The van der Waals surface area contributed by atoms with E-state index in [2.05, 4.69) is 88.0 Å². The smallest absolute Gasteiger partial charge is 0.191 e. The first-order valence-corrected chi connectivity index (χ1v) is 11.5. The minimum atomic E-state index is 0.451. The van der Waals surface area contributed by atoms with Crippen molar-refractivity contribution in [3.05, 3.63) is 59.9 Å². The second-order valence-corrected chi connectivity index (χ2v) is 8.27. The van der Waals surface area contributed by atoms with E-state index in [-0.39, 0.29) is 0 Å². The van der Waals surface area contributed by atoms with Gasteiger partial charge in [0.2, 0.25) is 0 Å². The summed E-state index contributed by atoms with van der Waals surface area (Å²) < 4.78 is 0. The largest absolute Gasteiger partial charge is 0.361 e. The van der Waals surface area contributed by atoms with Gasteiger partial charge in [-0.3, -0.25) is 4.99 Å². The van der Waals surface area contributed by atoms with E-state index in [0.717, 1.165) is 69.3 Å². The predicted molar refractivity (Wildman–Crippen MR) is 130 cm³/mol. The molecule has 1 fully saturated rings. The number of hydrogen-bond donors (Lipinski definition) is 3. The lowest BCUT2D eigenvalue weighted by Crippen LogP contribution is -2.49. The van der Waals surface area contributed by atoms with E-state index in [1.54, 1.807) is 0 Å². The molecule has 0 aliphatic carbocycles. The number of guanidine groups is 1. The Morgan fingerprint density at radius 3 is 2.81 bits per heavy atom. The zero-order valence-electron chi connectivity index (χ0n) is 18.7. The second kappa shape index (κ2) is 10.3. The standard InChI is InChI=1S/C25H34N6/c1-3-26-25(27-15-7-9-20-18-28-23-11-5-4-10-22(20)23)30-21-13-16-31(17-14-21)24-12-6-8-19(2)29-24/h4-6,8,10-12,18,21,28H,3,7,9,13-17H2,1-2H3,(H2,26,27,30). The van der Waals surface area contributed by atoms with Crippen molar-refractivity contribution in [2.45, 2.75) is 45.6 Å². The maximum Gasteiger partial charge on any atom is 0.191 e. The van der Waals surface area contributed by atoms with Crippen molar-refractivity contribution in [1.82, 2.24) is 20.6 Å². The Morgan fingerprint density at radius 1 is 1.16 bits per heavy atom. The number of rotatable bonds is 7. The van der Waals surface area contributed by atoms with Crippen LogP contribution in [0.15, 0.2) is 53.7 Å². The topological polar surface area (TPSA) is 68.3 Å². The Bertz CT molecular complexity index is 1000. The van der Waals surface area contributed by atoms with Gasteiger partial charge < -0.3 is 20.5 Å². The molecule has 0 unspecified atom stereocenters. The van der Waals surface area contributed by atoms with E-state index in [9.17, 15) is 0 Å². The molecule has 31 heavy (non-hydrogen) atoms. The maximum absolute atomic E-state index is 4.83. The molecule has 1 saturated heterocycles. The van der Waals surface area contributed by atoms with Gasteiger partial charge in [0.1, 0.15) is 5.82 Å². The summed E-state index contributed by atoms with van der Waals surface area (Å²) in [6.07, 6.45) is 6.39. The third-order valence-electron chi connectivity index (χ3n) is 5.93. The molecule has 3 aromatic rings. The minimum Gasteiger partial charge on any atom is -0.361 e. The van der Waals surface area contributed by atoms with Gasteiger partial charge in [-0.15, -0.1) is 0 Å². The number of benzene rings is 1. The van der Waals surface area contributed by atoms with Crippen molar-refractivity contribution in [2.24, 2.45) is 4.99 Å². The summed E-state index contributed by atoms with van der Waals surface area (Å²) in [6.45, 7) is 7.91. The number of anilines is 1. The number of aliphatic imine (C=N–C) groups is 1. The van der Waals surface area contributed by atoms with Crippen LogP contribution >= 0.6 is 0 Å². The lowest BCUT2D eigenvalue weighted by Gasteiger charge is -2.34. The molecule has 3 N–H and O–H groups in total. The van der Waals surface area contributed by atoms with Gasteiger partial charge in [-0.2, -0.15) is 0 Å². The average molecular weight is 419 g/mol. The summed E-state index contributed by atoms with van der Waals surface area (Å²) >= 11 is 0. The second-order valence-electron chi connectivity index (χ2n) is 8.27. The predicted octanol–water partition coefficient (Wildman–Crippen LogP) is 4.03. The van der Waals surface area contributed by atoms with Crippen molar-refractivity contribution in [2.75, 3.05) is 31.1 Å². The molecule has 3 heterocycles. The van der Waals surface area contributed by atoms with Crippen LogP contribution in [-0.4, -0.2) is 48.1 Å². The molecule has 1 aromatic carbocycles. The Morgan fingerprint density at radius 2 is 2.00 bits per heavy atom. The molecule has 0 radical (unpaired) electrons. The molecule has 1 aliphatic heterocycles. The van der Waals surface area contributed by atoms with Crippen molar-refractivity contribution in [3.63, 3.8) is 0 Å². The third kappa shape index (κ3) is 5.57. The highest BCUT2D eigenvalue weighted by Crippen LogP contribution is 2.19. The van der Waals surface area contributed by atoms with Gasteiger partial charge in [-0.05, 0) is 63.3 Å². The fourth-order valence-corrected chi connectivity index (χ4v) is 4.27. The lowest BCUT2D eigenvalue weighted by molar-refractivity contribution is 0.459. The van der Waals surface area contributed by atoms with Crippen molar-refractivity contribution in [1.29, 1.82) is 0 Å². The van der Waals surface area contributed by atoms with E-state index in [1.165, 1.54) is 16.5 Å². The van der Waals surface area contributed by atoms with E-state index in [0.29, 0.717) is 6.04 Å². The van der Waals surface area contributed by atoms with Gasteiger partial charge in [0.15, 0.2) is 5.96 Å². The molecule has 4 rings (SSSR count).